The van der Waals surface area contributed by atoms with Gasteiger partial charge in [-0.15, -0.1) is 0 Å². The molecule has 0 bridgehead atoms. The minimum absolute atomic E-state index is 0.00148. The second kappa shape index (κ2) is 9.55. The zero-order valence-electron chi connectivity index (χ0n) is 18.7. The molecule has 2 aromatic heterocycles. The topological polar surface area (TPSA) is 146 Å². The van der Waals surface area contributed by atoms with E-state index in [0.29, 0.717) is 11.3 Å². The standard InChI is InChI=1S/C21H25N5O6S/c1-5-26(6-2)33(30,31)14-7-8-17-15(10-14)16(11-19(27)22-17)21(29)25(4)12-20(28)23-18-9-13(3)32-24-18/h7-11H,5-6,12H2,1-4H3,(H,22,27)(H,23,24,28). The molecule has 0 unspecified atom stereocenters. The number of amides is 2. The minimum Gasteiger partial charge on any atom is -0.360 e. The third kappa shape index (κ3) is 5.12. The fourth-order valence-corrected chi connectivity index (χ4v) is 4.87. The average Bonchev–Trinajstić information content (AvgIpc) is 3.17. The number of nitrogens with one attached hydrogen (secondary N) is 2. The summed E-state index contributed by atoms with van der Waals surface area (Å²) in [4.78, 5) is 41.3. The van der Waals surface area contributed by atoms with Gasteiger partial charge in [-0.25, -0.2) is 8.42 Å². The third-order valence-electron chi connectivity index (χ3n) is 5.01. The highest BCUT2D eigenvalue weighted by molar-refractivity contribution is 7.89. The molecule has 0 aliphatic rings. The van der Waals surface area contributed by atoms with Gasteiger partial charge in [-0.1, -0.05) is 19.0 Å². The number of sulfonamides is 1. The first-order valence-electron chi connectivity index (χ1n) is 10.2. The molecule has 2 N–H and O–H groups in total. The van der Waals surface area contributed by atoms with E-state index in [1.54, 1.807) is 20.8 Å². The van der Waals surface area contributed by atoms with Crippen LogP contribution in [-0.4, -0.2) is 66.3 Å². The SMILES string of the molecule is CCN(CC)S(=O)(=O)c1ccc2[nH]c(=O)cc(C(=O)N(C)CC(=O)Nc3cc(C)on3)c2c1. The number of aromatic amines is 1. The summed E-state index contributed by atoms with van der Waals surface area (Å²) in [5.41, 5.74) is -0.237. The lowest BCUT2D eigenvalue weighted by atomic mass is 10.1. The van der Waals surface area contributed by atoms with Crippen molar-refractivity contribution in [3.05, 3.63) is 52.0 Å². The van der Waals surface area contributed by atoms with Crippen LogP contribution in [0.15, 0.2) is 44.5 Å². The predicted octanol–water partition coefficient (Wildman–Crippen LogP) is 1.57. The number of carbonyl (C=O) groups is 2. The highest BCUT2D eigenvalue weighted by atomic mass is 32.2. The Balaban J connectivity index is 1.94. The van der Waals surface area contributed by atoms with E-state index >= 15 is 0 Å². The Bertz CT molecular complexity index is 1360. The van der Waals surface area contributed by atoms with E-state index in [1.165, 1.54) is 35.6 Å². The lowest BCUT2D eigenvalue weighted by Crippen LogP contribution is -2.35. The van der Waals surface area contributed by atoms with Crippen molar-refractivity contribution in [2.45, 2.75) is 25.7 Å². The Morgan fingerprint density at radius 3 is 2.45 bits per heavy atom. The van der Waals surface area contributed by atoms with E-state index in [1.807, 2.05) is 0 Å². The van der Waals surface area contributed by atoms with Crippen LogP contribution in [0.3, 0.4) is 0 Å². The molecule has 0 aliphatic heterocycles. The Hall–Kier alpha value is -3.51. The first kappa shape index (κ1) is 24.1. The van der Waals surface area contributed by atoms with Gasteiger partial charge in [0.2, 0.25) is 21.5 Å². The van der Waals surface area contributed by atoms with Gasteiger partial charge in [0, 0.05) is 43.2 Å². The molecule has 3 rings (SSSR count). The van der Waals surface area contributed by atoms with E-state index in [-0.39, 0.29) is 41.3 Å². The van der Waals surface area contributed by atoms with Gasteiger partial charge < -0.3 is 19.7 Å². The van der Waals surface area contributed by atoms with Crippen molar-refractivity contribution >= 4 is 38.6 Å². The van der Waals surface area contributed by atoms with Crippen LogP contribution in [-0.2, 0) is 14.8 Å². The number of hydrogen-bond acceptors (Lipinski definition) is 7. The van der Waals surface area contributed by atoms with Crippen LogP contribution in [0.1, 0.15) is 30.0 Å². The van der Waals surface area contributed by atoms with Crippen molar-refractivity contribution < 1.29 is 22.5 Å². The highest BCUT2D eigenvalue weighted by Crippen LogP contribution is 2.23. The van der Waals surface area contributed by atoms with Gasteiger partial charge in [-0.3, -0.25) is 14.4 Å². The van der Waals surface area contributed by atoms with Gasteiger partial charge in [-0.2, -0.15) is 4.31 Å². The van der Waals surface area contributed by atoms with Gasteiger partial charge in [0.25, 0.3) is 5.91 Å². The molecule has 0 saturated heterocycles. The quantitative estimate of drug-likeness (QED) is 0.503. The second-order valence-electron chi connectivity index (χ2n) is 7.38. The van der Waals surface area contributed by atoms with Gasteiger partial charge in [-0.05, 0) is 25.1 Å². The lowest BCUT2D eigenvalue weighted by molar-refractivity contribution is -0.116. The van der Waals surface area contributed by atoms with Crippen molar-refractivity contribution in [3.63, 3.8) is 0 Å². The number of rotatable bonds is 8. The number of aromatic nitrogens is 2. The highest BCUT2D eigenvalue weighted by Gasteiger charge is 2.24. The number of carbonyl (C=O) groups excluding carboxylic acids is 2. The number of nitrogens with zero attached hydrogens (tertiary/aromatic N) is 3. The Morgan fingerprint density at radius 1 is 1.15 bits per heavy atom. The maximum atomic E-state index is 13.1. The number of anilines is 1. The largest absolute Gasteiger partial charge is 0.360 e. The van der Waals surface area contributed by atoms with Crippen LogP contribution in [0.2, 0.25) is 0 Å². The molecule has 11 nitrogen and oxygen atoms in total. The first-order valence-corrected chi connectivity index (χ1v) is 11.7. The predicted molar refractivity (Wildman–Crippen MR) is 122 cm³/mol. The van der Waals surface area contributed by atoms with Crippen LogP contribution < -0.4 is 10.9 Å². The maximum absolute atomic E-state index is 13.1. The summed E-state index contributed by atoms with van der Waals surface area (Å²) in [6, 6.07) is 6.81. The fourth-order valence-electron chi connectivity index (χ4n) is 3.38. The fraction of sp³-hybridized carbons (Fsp3) is 0.333. The van der Waals surface area contributed by atoms with Crippen molar-refractivity contribution in [1.29, 1.82) is 0 Å². The molecule has 33 heavy (non-hydrogen) atoms. The number of likely N-dealkylation sites (N-methyl/N-ethyl adjacent to an activating group) is 1. The first-order chi connectivity index (χ1) is 15.6. The van der Waals surface area contributed by atoms with E-state index in [0.717, 1.165) is 11.0 Å². The summed E-state index contributed by atoms with van der Waals surface area (Å²) in [6.07, 6.45) is 0. The van der Waals surface area contributed by atoms with Gasteiger partial charge in [0.15, 0.2) is 5.82 Å². The van der Waals surface area contributed by atoms with Crippen LogP contribution in [0.4, 0.5) is 5.82 Å². The zero-order valence-corrected chi connectivity index (χ0v) is 19.5. The van der Waals surface area contributed by atoms with Crippen molar-refractivity contribution in [2.24, 2.45) is 0 Å². The minimum atomic E-state index is -3.78. The molecule has 0 spiro atoms. The van der Waals surface area contributed by atoms with Crippen LogP contribution in [0.5, 0.6) is 0 Å². The van der Waals surface area contributed by atoms with Crippen LogP contribution >= 0.6 is 0 Å². The second-order valence-corrected chi connectivity index (χ2v) is 9.31. The molecular formula is C21H25N5O6S. The molecule has 1 aromatic carbocycles. The number of pyridine rings is 1. The van der Waals surface area contributed by atoms with Crippen LogP contribution in [0, 0.1) is 6.92 Å². The number of H-pyrrole nitrogens is 1. The van der Waals surface area contributed by atoms with Crippen molar-refractivity contribution in [2.75, 3.05) is 32.0 Å². The molecule has 0 saturated carbocycles. The van der Waals surface area contributed by atoms with Gasteiger partial charge in [0.1, 0.15) is 5.76 Å². The number of benzene rings is 1. The van der Waals surface area contributed by atoms with E-state index in [4.69, 9.17) is 4.52 Å². The summed E-state index contributed by atoms with van der Waals surface area (Å²) in [7, 11) is -2.38. The number of fused-ring (bicyclic) bond motifs is 1. The molecule has 12 heteroatoms. The van der Waals surface area contributed by atoms with Gasteiger partial charge in [0.05, 0.1) is 17.0 Å². The van der Waals surface area contributed by atoms with E-state index in [9.17, 15) is 22.8 Å². The van der Waals surface area contributed by atoms with Crippen LogP contribution in [0.25, 0.3) is 10.9 Å². The van der Waals surface area contributed by atoms with Gasteiger partial charge >= 0.3 is 0 Å². The molecule has 176 valence electrons. The summed E-state index contributed by atoms with van der Waals surface area (Å²) in [6.45, 7) is 5.39. The van der Waals surface area contributed by atoms with Crippen molar-refractivity contribution in [1.82, 2.24) is 19.3 Å². The molecule has 0 fully saturated rings. The summed E-state index contributed by atoms with van der Waals surface area (Å²) in [5, 5.41) is 6.43. The molecule has 0 aliphatic carbocycles. The smallest absolute Gasteiger partial charge is 0.254 e. The van der Waals surface area contributed by atoms with E-state index in [2.05, 4.69) is 15.5 Å². The summed E-state index contributed by atoms with van der Waals surface area (Å²) in [5.74, 6) is -0.403. The Labute approximate surface area is 190 Å². The molecule has 2 amide bonds. The Morgan fingerprint density at radius 2 is 1.85 bits per heavy atom. The Kier molecular flexibility index (Phi) is 6.98. The van der Waals surface area contributed by atoms with E-state index < -0.39 is 27.4 Å². The molecular weight excluding hydrogens is 450 g/mol. The lowest BCUT2D eigenvalue weighted by Gasteiger charge is -2.20. The maximum Gasteiger partial charge on any atom is 0.254 e. The molecule has 2 heterocycles. The number of aryl methyl sites for hydroxylation is 1. The third-order valence-corrected chi connectivity index (χ3v) is 7.06. The molecule has 0 atom stereocenters. The number of hydrogen-bond donors (Lipinski definition) is 2. The normalized spacial score (nSPS) is 11.7. The summed E-state index contributed by atoms with van der Waals surface area (Å²) < 4.78 is 32.0. The molecule has 3 aromatic rings. The monoisotopic (exact) mass is 475 g/mol. The zero-order chi connectivity index (χ0) is 24.3. The van der Waals surface area contributed by atoms with Crippen molar-refractivity contribution in [3.8, 4) is 0 Å². The average molecular weight is 476 g/mol. The molecule has 0 radical (unpaired) electrons. The summed E-state index contributed by atoms with van der Waals surface area (Å²) >= 11 is 0.